The number of aromatic nitrogens is 6. The van der Waals surface area contributed by atoms with Crippen molar-refractivity contribution in [2.45, 2.75) is 109 Å². The largest absolute Gasteiger partial charge is 0.444 e. The highest BCUT2D eigenvalue weighted by atomic mass is 35.5. The molecule has 1 aromatic carbocycles. The minimum Gasteiger partial charge on any atom is -0.444 e. The van der Waals surface area contributed by atoms with Crippen molar-refractivity contribution in [3.8, 4) is 11.3 Å². The number of piperidine rings is 1. The molecule has 0 spiro atoms. The lowest BCUT2D eigenvalue weighted by Gasteiger charge is -2.40. The van der Waals surface area contributed by atoms with E-state index in [4.69, 9.17) is 47.7 Å². The molecule has 47 heavy (non-hydrogen) atoms. The van der Waals surface area contributed by atoms with Gasteiger partial charge < -0.3 is 24.8 Å². The molecule has 2 N–H and O–H groups in total. The molecule has 5 heterocycles. The second-order valence-corrected chi connectivity index (χ2v) is 21.2. The predicted octanol–water partition coefficient (Wildman–Crippen LogP) is 6.52. The fraction of sp³-hybridized carbons (Fsp3) is 0.594. The van der Waals surface area contributed by atoms with Crippen LogP contribution in [0.5, 0.6) is 0 Å². The molecule has 2 aliphatic heterocycles. The number of nitrogens with zero attached hydrogens (tertiary/aromatic N) is 7. The molecule has 2 fully saturated rings. The van der Waals surface area contributed by atoms with Gasteiger partial charge in [0.2, 0.25) is 0 Å². The fourth-order valence-electron chi connectivity index (χ4n) is 6.63. The van der Waals surface area contributed by atoms with Crippen LogP contribution >= 0.6 is 23.2 Å². The summed E-state index contributed by atoms with van der Waals surface area (Å²) in [5.41, 5.74) is 2.80. The highest BCUT2D eigenvalue weighted by Crippen LogP contribution is 2.42. The van der Waals surface area contributed by atoms with Crippen LogP contribution < -0.4 is 10.2 Å². The molecule has 4 aromatic rings. The monoisotopic (exact) mass is 702 g/mol. The summed E-state index contributed by atoms with van der Waals surface area (Å²) < 4.78 is 15.0. The Labute approximate surface area is 285 Å². The van der Waals surface area contributed by atoms with Gasteiger partial charge in [0.05, 0.1) is 22.5 Å². The number of anilines is 1. The number of carbonyl (C=O) groups is 1. The van der Waals surface area contributed by atoms with Crippen molar-refractivity contribution in [1.29, 1.82) is 0 Å². The Hall–Kier alpha value is -2.97. The highest BCUT2D eigenvalue weighted by molar-refractivity contribution is 6.76. The van der Waals surface area contributed by atoms with E-state index >= 15 is 0 Å². The Balaban J connectivity index is 1.38. The number of aliphatic hydroxyl groups is 1. The Morgan fingerprint density at radius 2 is 1.81 bits per heavy atom. The molecule has 15 heteroatoms. The molecule has 2 saturated heterocycles. The first kappa shape index (κ1) is 33.9. The molecule has 12 nitrogen and oxygen atoms in total. The first-order chi connectivity index (χ1) is 22.1. The quantitative estimate of drug-likeness (QED) is 0.148. The number of hydrogen-bond donors (Lipinski definition) is 2. The van der Waals surface area contributed by atoms with Crippen LogP contribution in [0, 0.1) is 0 Å². The van der Waals surface area contributed by atoms with Gasteiger partial charge in [-0.05, 0) is 64.6 Å². The number of aryl methyl sites for hydroxylation is 1. The van der Waals surface area contributed by atoms with Crippen molar-refractivity contribution in [2.24, 2.45) is 7.05 Å². The van der Waals surface area contributed by atoms with Crippen molar-refractivity contribution in [3.63, 3.8) is 0 Å². The van der Waals surface area contributed by atoms with Crippen LogP contribution in [0.2, 0.25) is 35.9 Å². The number of rotatable bonds is 9. The van der Waals surface area contributed by atoms with Crippen LogP contribution in [0.4, 0.5) is 10.6 Å². The van der Waals surface area contributed by atoms with Gasteiger partial charge in [0.25, 0.3) is 0 Å². The molecule has 0 aliphatic carbocycles. The Bertz CT molecular complexity index is 1800. The van der Waals surface area contributed by atoms with E-state index < -0.39 is 19.8 Å². The number of benzene rings is 1. The zero-order chi connectivity index (χ0) is 33.8. The van der Waals surface area contributed by atoms with Crippen LogP contribution in [0.25, 0.3) is 33.3 Å². The maximum absolute atomic E-state index is 12.6. The average molecular weight is 704 g/mol. The molecule has 0 saturated carbocycles. The van der Waals surface area contributed by atoms with E-state index in [1.54, 1.807) is 16.4 Å². The van der Waals surface area contributed by atoms with E-state index in [1.807, 2.05) is 32.9 Å². The van der Waals surface area contributed by atoms with Gasteiger partial charge in [-0.15, -0.1) is 0 Å². The maximum atomic E-state index is 12.6. The van der Waals surface area contributed by atoms with Crippen LogP contribution in [0.3, 0.4) is 0 Å². The summed E-state index contributed by atoms with van der Waals surface area (Å²) in [4.78, 5) is 25.0. The second kappa shape index (κ2) is 12.8. The highest BCUT2D eigenvalue weighted by Gasteiger charge is 2.43. The third kappa shape index (κ3) is 6.96. The van der Waals surface area contributed by atoms with Crippen molar-refractivity contribution in [3.05, 3.63) is 28.0 Å². The van der Waals surface area contributed by atoms with Crippen molar-refractivity contribution < 1.29 is 19.4 Å². The smallest absolute Gasteiger partial charge is 0.407 e. The third-order valence-corrected chi connectivity index (χ3v) is 11.3. The molecular weight excluding hydrogens is 659 g/mol. The summed E-state index contributed by atoms with van der Waals surface area (Å²) in [6.07, 6.45) is 2.99. The van der Waals surface area contributed by atoms with E-state index in [0.29, 0.717) is 61.6 Å². The average Bonchev–Trinajstić information content (AvgIpc) is 3.57. The van der Waals surface area contributed by atoms with E-state index in [-0.39, 0.29) is 31.5 Å². The third-order valence-electron chi connectivity index (χ3n) is 8.80. The van der Waals surface area contributed by atoms with E-state index in [1.165, 1.54) is 0 Å². The molecule has 0 radical (unpaired) electrons. The number of aliphatic hydroxyl groups excluding tert-OH is 1. The molecule has 254 valence electrons. The lowest BCUT2D eigenvalue weighted by molar-refractivity contribution is 0.0492. The van der Waals surface area contributed by atoms with Crippen LogP contribution in [-0.4, -0.2) is 79.1 Å². The van der Waals surface area contributed by atoms with E-state index in [2.05, 4.69) is 35.0 Å². The summed E-state index contributed by atoms with van der Waals surface area (Å²) in [5.74, 6) is 0.634. The standard InChI is InChI=1S/C32H44Cl2N8O4Si/c1-32(2,3)46-31(44)35-18-14-19-8-9-20(15-18)42(19)29-23(16-43)36-27-26(21-10-11-22-24(25(21)33)28(34)40(4)38-22)39-41(30(27)37-29)17-45-12-13-47(5,6)7/h10-11,18-20,43H,8-9,12-17H2,1-7H3,(H,35,44). The minimum absolute atomic E-state index is 0.0128. The number of alkyl carbamates (subject to hydrolysis) is 1. The number of hydrogen-bond acceptors (Lipinski definition) is 9. The molecule has 6 rings (SSSR count). The van der Waals surface area contributed by atoms with E-state index in [0.717, 1.165) is 31.7 Å². The SMILES string of the molecule is Cn1nc2ccc(-c3nn(COCC[Si](C)(C)C)c4nc(N5C6CCC5CC(NC(=O)OC(C)(C)C)C6)c(CO)nc34)c(Cl)c2c1Cl. The lowest BCUT2D eigenvalue weighted by Crippen LogP contribution is -2.51. The van der Waals surface area contributed by atoms with Gasteiger partial charge in [-0.3, -0.25) is 4.68 Å². The molecule has 1 amide bonds. The zero-order valence-electron chi connectivity index (χ0n) is 28.1. The second-order valence-electron chi connectivity index (χ2n) is 14.9. The van der Waals surface area contributed by atoms with Gasteiger partial charge in [0, 0.05) is 45.4 Å². The zero-order valence-corrected chi connectivity index (χ0v) is 30.6. The number of amides is 1. The van der Waals surface area contributed by atoms with Gasteiger partial charge in [-0.1, -0.05) is 42.8 Å². The Morgan fingerprint density at radius 1 is 1.11 bits per heavy atom. The van der Waals surface area contributed by atoms with Gasteiger partial charge >= 0.3 is 6.09 Å². The Morgan fingerprint density at radius 3 is 2.45 bits per heavy atom. The summed E-state index contributed by atoms with van der Waals surface area (Å²) in [6, 6.07) is 4.98. The van der Waals surface area contributed by atoms with Crippen LogP contribution in [0.15, 0.2) is 12.1 Å². The topological polar surface area (TPSA) is 132 Å². The fourth-order valence-corrected chi connectivity index (χ4v) is 8.00. The van der Waals surface area contributed by atoms with Gasteiger partial charge in [0.15, 0.2) is 11.5 Å². The minimum atomic E-state index is -1.30. The Kier molecular flexibility index (Phi) is 9.24. The molecule has 2 atom stereocenters. The lowest BCUT2D eigenvalue weighted by atomic mass is 9.97. The number of nitrogens with one attached hydrogen (secondary N) is 1. The number of carbonyl (C=O) groups excluding carboxylic acids is 1. The van der Waals surface area contributed by atoms with Gasteiger partial charge in [-0.25, -0.2) is 19.4 Å². The number of fused-ring (bicyclic) bond motifs is 4. The van der Waals surface area contributed by atoms with Crippen molar-refractivity contribution in [1.82, 2.24) is 34.8 Å². The number of halogens is 2. The first-order valence-electron chi connectivity index (χ1n) is 16.2. The molecule has 2 aliphatic rings. The maximum Gasteiger partial charge on any atom is 0.407 e. The normalized spacial score (nSPS) is 20.0. The first-order valence-corrected chi connectivity index (χ1v) is 20.6. The molecular formula is C32H44Cl2N8O4Si. The summed E-state index contributed by atoms with van der Waals surface area (Å²) in [6.45, 7) is 13.0. The van der Waals surface area contributed by atoms with Gasteiger partial charge in [-0.2, -0.15) is 10.2 Å². The van der Waals surface area contributed by atoms with E-state index in [9.17, 15) is 9.90 Å². The number of ether oxygens (including phenoxy) is 2. The van der Waals surface area contributed by atoms with Crippen molar-refractivity contribution >= 4 is 65.3 Å². The predicted molar refractivity (Wildman–Crippen MR) is 187 cm³/mol. The van der Waals surface area contributed by atoms with Gasteiger partial charge in [0.1, 0.15) is 34.4 Å². The summed E-state index contributed by atoms with van der Waals surface area (Å²) in [7, 11) is 0.465. The van der Waals surface area contributed by atoms with Crippen LogP contribution in [0.1, 0.15) is 52.1 Å². The molecule has 2 bridgehead atoms. The molecule has 2 unspecified atom stereocenters. The van der Waals surface area contributed by atoms with Crippen LogP contribution in [-0.2, 0) is 29.9 Å². The molecule has 3 aromatic heterocycles. The van der Waals surface area contributed by atoms with Crippen molar-refractivity contribution in [2.75, 3.05) is 11.5 Å². The summed E-state index contributed by atoms with van der Waals surface area (Å²) >= 11 is 13.6. The summed E-state index contributed by atoms with van der Waals surface area (Å²) in [5, 5.41) is 24.6.